The molecular formula is C13H12Cl2N4O. The van der Waals surface area contributed by atoms with Crippen LogP contribution in [0, 0.1) is 0 Å². The van der Waals surface area contributed by atoms with Gasteiger partial charge in [0.1, 0.15) is 5.82 Å². The van der Waals surface area contributed by atoms with Gasteiger partial charge in [-0.1, -0.05) is 23.2 Å². The number of hydrogen-bond donors (Lipinski definition) is 2. The highest BCUT2D eigenvalue weighted by Crippen LogP contribution is 2.29. The number of rotatable bonds is 2. The summed E-state index contributed by atoms with van der Waals surface area (Å²) in [4.78, 5) is 8.98. The fourth-order valence-corrected chi connectivity index (χ4v) is 2.69. The Morgan fingerprint density at radius 1 is 1.15 bits per heavy atom. The molecule has 104 valence electrons. The summed E-state index contributed by atoms with van der Waals surface area (Å²) in [5.74, 6) is 6.65. The standard InChI is InChI=1S/C13H12Cl2N4O/c14-8-3-7(4-9(15)5-8)12-17-11-1-2-20-6-10(11)13(18-12)19-16/h3-5H,1-2,6,16H2,(H,17,18,19). The molecule has 3 rings (SSSR count). The quantitative estimate of drug-likeness (QED) is 0.659. The number of hydrazine groups is 1. The second-order valence-electron chi connectivity index (χ2n) is 4.43. The lowest BCUT2D eigenvalue weighted by Gasteiger charge is -2.19. The van der Waals surface area contributed by atoms with Gasteiger partial charge in [0.15, 0.2) is 5.82 Å². The lowest BCUT2D eigenvalue weighted by molar-refractivity contribution is 0.109. The van der Waals surface area contributed by atoms with Crippen molar-refractivity contribution in [3.8, 4) is 11.4 Å². The molecule has 20 heavy (non-hydrogen) atoms. The van der Waals surface area contributed by atoms with Crippen molar-refractivity contribution in [2.24, 2.45) is 5.84 Å². The molecule has 0 aliphatic carbocycles. The molecule has 5 nitrogen and oxygen atoms in total. The fraction of sp³-hybridized carbons (Fsp3) is 0.231. The molecule has 0 amide bonds. The van der Waals surface area contributed by atoms with Crippen LogP contribution in [0.3, 0.4) is 0 Å². The zero-order chi connectivity index (χ0) is 14.1. The summed E-state index contributed by atoms with van der Waals surface area (Å²) in [6.07, 6.45) is 0.730. The largest absolute Gasteiger partial charge is 0.376 e. The monoisotopic (exact) mass is 310 g/mol. The molecule has 2 heterocycles. The van der Waals surface area contributed by atoms with Crippen LogP contribution in [-0.4, -0.2) is 16.6 Å². The molecule has 3 N–H and O–H groups in total. The molecule has 0 spiro atoms. The van der Waals surface area contributed by atoms with E-state index in [1.807, 2.05) is 0 Å². The maximum Gasteiger partial charge on any atom is 0.161 e. The number of hydrogen-bond acceptors (Lipinski definition) is 5. The maximum absolute atomic E-state index is 6.02. The molecule has 0 fully saturated rings. The summed E-state index contributed by atoms with van der Waals surface area (Å²) in [6, 6.07) is 5.21. The van der Waals surface area contributed by atoms with Gasteiger partial charge < -0.3 is 10.2 Å². The van der Waals surface area contributed by atoms with Gasteiger partial charge in [0.05, 0.1) is 18.9 Å². The fourth-order valence-electron chi connectivity index (χ4n) is 2.16. The third-order valence-corrected chi connectivity index (χ3v) is 3.52. The molecule has 0 unspecified atom stereocenters. The number of aromatic nitrogens is 2. The normalized spacial score (nSPS) is 13.9. The van der Waals surface area contributed by atoms with E-state index >= 15 is 0 Å². The van der Waals surface area contributed by atoms with Crippen LogP contribution in [0.1, 0.15) is 11.3 Å². The number of nitrogens with one attached hydrogen (secondary N) is 1. The summed E-state index contributed by atoms with van der Waals surface area (Å²) >= 11 is 12.0. The highest BCUT2D eigenvalue weighted by Gasteiger charge is 2.18. The third kappa shape index (κ3) is 2.58. The van der Waals surface area contributed by atoms with Gasteiger partial charge in [0, 0.05) is 27.6 Å². The van der Waals surface area contributed by atoms with E-state index in [0.29, 0.717) is 34.9 Å². The van der Waals surface area contributed by atoms with Gasteiger partial charge in [-0.25, -0.2) is 15.8 Å². The number of nitrogens with zero attached hydrogens (tertiary/aromatic N) is 2. The van der Waals surface area contributed by atoms with Crippen LogP contribution >= 0.6 is 23.2 Å². The van der Waals surface area contributed by atoms with Gasteiger partial charge >= 0.3 is 0 Å². The van der Waals surface area contributed by atoms with Crippen molar-refractivity contribution in [1.29, 1.82) is 0 Å². The Kier molecular flexibility index (Phi) is 3.76. The molecule has 1 aliphatic heterocycles. The van der Waals surface area contributed by atoms with Gasteiger partial charge in [0.25, 0.3) is 0 Å². The predicted molar refractivity (Wildman–Crippen MR) is 78.7 cm³/mol. The van der Waals surface area contributed by atoms with Crippen LogP contribution in [-0.2, 0) is 17.8 Å². The number of nitrogens with two attached hydrogens (primary N) is 1. The molecule has 7 heteroatoms. The molecule has 0 radical (unpaired) electrons. The van der Waals surface area contributed by atoms with Gasteiger partial charge in [0.2, 0.25) is 0 Å². The van der Waals surface area contributed by atoms with E-state index in [2.05, 4.69) is 15.4 Å². The van der Waals surface area contributed by atoms with Crippen molar-refractivity contribution in [2.75, 3.05) is 12.0 Å². The van der Waals surface area contributed by atoms with E-state index in [0.717, 1.165) is 23.2 Å². The van der Waals surface area contributed by atoms with Crippen molar-refractivity contribution in [3.63, 3.8) is 0 Å². The number of benzene rings is 1. The minimum atomic E-state index is 0.464. The lowest BCUT2D eigenvalue weighted by atomic mass is 10.1. The van der Waals surface area contributed by atoms with Crippen molar-refractivity contribution in [3.05, 3.63) is 39.5 Å². The van der Waals surface area contributed by atoms with Crippen LogP contribution in [0.4, 0.5) is 5.82 Å². The Labute approximate surface area is 126 Å². The number of anilines is 1. The number of ether oxygens (including phenoxy) is 1. The Hall–Kier alpha value is -1.40. The molecule has 0 saturated heterocycles. The molecule has 0 saturated carbocycles. The first kappa shape index (κ1) is 13.6. The Morgan fingerprint density at radius 3 is 2.60 bits per heavy atom. The minimum absolute atomic E-state index is 0.464. The van der Waals surface area contributed by atoms with Crippen LogP contribution in [0.5, 0.6) is 0 Å². The summed E-state index contributed by atoms with van der Waals surface area (Å²) in [6.45, 7) is 1.11. The summed E-state index contributed by atoms with van der Waals surface area (Å²) in [5, 5.41) is 1.08. The molecule has 0 bridgehead atoms. The Morgan fingerprint density at radius 2 is 1.90 bits per heavy atom. The Balaban J connectivity index is 2.14. The SMILES string of the molecule is NNc1nc(-c2cc(Cl)cc(Cl)c2)nc2c1COCC2. The summed E-state index contributed by atoms with van der Waals surface area (Å²) in [5.41, 5.74) is 5.19. The summed E-state index contributed by atoms with van der Waals surface area (Å²) < 4.78 is 5.40. The zero-order valence-electron chi connectivity index (χ0n) is 10.5. The maximum atomic E-state index is 6.02. The molecule has 0 atom stereocenters. The first-order chi connectivity index (χ1) is 9.67. The van der Waals surface area contributed by atoms with E-state index in [4.69, 9.17) is 33.8 Å². The highest BCUT2D eigenvalue weighted by atomic mass is 35.5. The van der Waals surface area contributed by atoms with E-state index in [1.165, 1.54) is 0 Å². The second-order valence-corrected chi connectivity index (χ2v) is 5.30. The van der Waals surface area contributed by atoms with Crippen molar-refractivity contribution in [1.82, 2.24) is 9.97 Å². The van der Waals surface area contributed by atoms with Gasteiger partial charge in [-0.05, 0) is 18.2 Å². The highest BCUT2D eigenvalue weighted by molar-refractivity contribution is 6.35. The topological polar surface area (TPSA) is 73.1 Å². The second kappa shape index (κ2) is 5.54. The third-order valence-electron chi connectivity index (χ3n) is 3.08. The average Bonchev–Trinajstić information content (AvgIpc) is 2.45. The molecular weight excluding hydrogens is 299 g/mol. The van der Waals surface area contributed by atoms with E-state index in [-0.39, 0.29) is 0 Å². The van der Waals surface area contributed by atoms with E-state index in [9.17, 15) is 0 Å². The summed E-state index contributed by atoms with van der Waals surface area (Å²) in [7, 11) is 0. The average molecular weight is 311 g/mol. The number of nitrogen functional groups attached to an aromatic ring is 1. The van der Waals surface area contributed by atoms with Crippen LogP contribution in [0.2, 0.25) is 10.0 Å². The number of fused-ring (bicyclic) bond motifs is 1. The Bertz CT molecular complexity index is 626. The van der Waals surface area contributed by atoms with E-state index < -0.39 is 0 Å². The number of halogens is 2. The van der Waals surface area contributed by atoms with Gasteiger partial charge in [-0.15, -0.1) is 0 Å². The first-order valence-electron chi connectivity index (χ1n) is 6.08. The molecule has 1 aliphatic rings. The minimum Gasteiger partial charge on any atom is -0.376 e. The van der Waals surface area contributed by atoms with Gasteiger partial charge in [-0.3, -0.25) is 0 Å². The first-order valence-corrected chi connectivity index (χ1v) is 6.83. The molecule has 1 aromatic carbocycles. The van der Waals surface area contributed by atoms with Crippen molar-refractivity contribution < 1.29 is 4.74 Å². The van der Waals surface area contributed by atoms with E-state index in [1.54, 1.807) is 18.2 Å². The smallest absolute Gasteiger partial charge is 0.161 e. The van der Waals surface area contributed by atoms with Crippen molar-refractivity contribution >= 4 is 29.0 Å². The zero-order valence-corrected chi connectivity index (χ0v) is 12.0. The molecule has 1 aromatic heterocycles. The predicted octanol–water partition coefficient (Wildman–Crippen LogP) is 2.81. The van der Waals surface area contributed by atoms with Crippen LogP contribution in [0.15, 0.2) is 18.2 Å². The lowest BCUT2D eigenvalue weighted by Crippen LogP contribution is -2.19. The van der Waals surface area contributed by atoms with Crippen molar-refractivity contribution in [2.45, 2.75) is 13.0 Å². The van der Waals surface area contributed by atoms with Crippen LogP contribution < -0.4 is 11.3 Å². The molecule has 2 aromatic rings. The van der Waals surface area contributed by atoms with Crippen LogP contribution in [0.25, 0.3) is 11.4 Å². The van der Waals surface area contributed by atoms with Gasteiger partial charge in [-0.2, -0.15) is 0 Å².